The van der Waals surface area contributed by atoms with Gasteiger partial charge in [-0.1, -0.05) is 55.3 Å². The van der Waals surface area contributed by atoms with Crippen molar-refractivity contribution in [2.45, 2.75) is 58.0 Å². The molecule has 1 aromatic heterocycles. The lowest BCUT2D eigenvalue weighted by Gasteiger charge is -2.36. The van der Waals surface area contributed by atoms with Crippen molar-refractivity contribution in [2.75, 3.05) is 26.6 Å². The summed E-state index contributed by atoms with van der Waals surface area (Å²) >= 11 is 6.89. The molecule has 3 aliphatic heterocycles. The van der Waals surface area contributed by atoms with Crippen molar-refractivity contribution in [3.63, 3.8) is 0 Å². The zero-order valence-corrected chi connectivity index (χ0v) is 21.4. The lowest BCUT2D eigenvalue weighted by Crippen LogP contribution is -2.34. The van der Waals surface area contributed by atoms with Gasteiger partial charge in [0.05, 0.1) is 25.5 Å². The van der Waals surface area contributed by atoms with Crippen molar-refractivity contribution >= 4 is 11.6 Å². The van der Waals surface area contributed by atoms with Crippen LogP contribution in [0.2, 0.25) is 5.15 Å². The molecule has 0 radical (unpaired) electrons. The van der Waals surface area contributed by atoms with Gasteiger partial charge in [-0.3, -0.25) is 4.90 Å². The number of nitrogens with zero attached hydrogens (tertiary/aromatic N) is 3. The van der Waals surface area contributed by atoms with E-state index < -0.39 is 0 Å². The number of ether oxygens (including phenoxy) is 4. The van der Waals surface area contributed by atoms with Gasteiger partial charge in [-0.15, -0.1) is 0 Å². The van der Waals surface area contributed by atoms with Crippen LogP contribution in [-0.4, -0.2) is 47.3 Å². The SMILES string of the molecule is CCc1ccccc1-c1nc(Cl)c(CN2CCCCC2c2ccc3c(c2)OCO3)n1CC1OCCO1. The molecule has 8 heteroatoms. The molecule has 190 valence electrons. The molecule has 0 aliphatic carbocycles. The minimum absolute atomic E-state index is 0.276. The standard InChI is InChI=1S/C28H32ClN3O4/c1-2-19-7-3-4-8-21(19)28-30-27(29)23(32(28)17-26-33-13-14-34-26)16-31-12-6-5-9-22(31)20-10-11-24-25(15-20)36-18-35-24/h3-4,7-8,10-11,15,22,26H,2,5-6,9,12-14,16-18H2,1H3. The van der Waals surface area contributed by atoms with E-state index >= 15 is 0 Å². The van der Waals surface area contributed by atoms with E-state index in [9.17, 15) is 0 Å². The van der Waals surface area contributed by atoms with E-state index in [1.165, 1.54) is 17.5 Å². The smallest absolute Gasteiger partial charge is 0.231 e. The van der Waals surface area contributed by atoms with Crippen molar-refractivity contribution < 1.29 is 18.9 Å². The molecule has 3 aromatic rings. The van der Waals surface area contributed by atoms with Gasteiger partial charge in [0, 0.05) is 18.2 Å². The van der Waals surface area contributed by atoms with Crippen molar-refractivity contribution in [3.05, 3.63) is 64.4 Å². The first kappa shape index (κ1) is 23.8. The van der Waals surface area contributed by atoms with Crippen molar-refractivity contribution in [1.82, 2.24) is 14.5 Å². The van der Waals surface area contributed by atoms with Crippen LogP contribution in [0.15, 0.2) is 42.5 Å². The number of benzene rings is 2. The normalized spacial score (nSPS) is 20.3. The molecule has 1 atom stereocenters. The number of fused-ring (bicyclic) bond motifs is 1. The van der Waals surface area contributed by atoms with Crippen LogP contribution in [0.1, 0.15) is 49.0 Å². The minimum Gasteiger partial charge on any atom is -0.454 e. The first-order valence-corrected chi connectivity index (χ1v) is 13.3. The number of imidazole rings is 1. The number of aromatic nitrogens is 2. The number of piperidine rings is 1. The maximum atomic E-state index is 6.89. The van der Waals surface area contributed by atoms with E-state index in [4.69, 9.17) is 35.5 Å². The molecule has 2 fully saturated rings. The maximum Gasteiger partial charge on any atom is 0.231 e. The second kappa shape index (κ2) is 10.4. The Hall–Kier alpha value is -2.58. The summed E-state index contributed by atoms with van der Waals surface area (Å²) in [5.74, 6) is 2.52. The van der Waals surface area contributed by atoms with Crippen LogP contribution >= 0.6 is 11.6 Å². The van der Waals surface area contributed by atoms with Gasteiger partial charge in [-0.05, 0) is 49.1 Å². The summed E-state index contributed by atoms with van der Waals surface area (Å²) in [4.78, 5) is 7.42. The molecule has 0 bridgehead atoms. The topological polar surface area (TPSA) is 58.0 Å². The van der Waals surface area contributed by atoms with E-state index in [0.717, 1.165) is 54.4 Å². The summed E-state index contributed by atoms with van der Waals surface area (Å²) in [5, 5.41) is 0.545. The maximum absolute atomic E-state index is 6.89. The Morgan fingerprint density at radius 1 is 1.03 bits per heavy atom. The van der Waals surface area contributed by atoms with Gasteiger partial charge in [-0.2, -0.15) is 0 Å². The molecule has 0 spiro atoms. The second-order valence-electron chi connectivity index (χ2n) is 9.56. The minimum atomic E-state index is -0.299. The molecular formula is C28H32ClN3O4. The highest BCUT2D eigenvalue weighted by atomic mass is 35.5. The number of likely N-dealkylation sites (tertiary alicyclic amines) is 1. The van der Waals surface area contributed by atoms with Crippen LogP contribution < -0.4 is 9.47 Å². The van der Waals surface area contributed by atoms with Crippen molar-refractivity contribution in [3.8, 4) is 22.9 Å². The van der Waals surface area contributed by atoms with Crippen molar-refractivity contribution in [2.24, 2.45) is 0 Å². The Kier molecular flexibility index (Phi) is 6.89. The van der Waals surface area contributed by atoms with E-state index in [0.29, 0.717) is 31.5 Å². The van der Waals surface area contributed by atoms with Crippen LogP contribution in [0.4, 0.5) is 0 Å². The molecule has 36 heavy (non-hydrogen) atoms. The highest BCUT2D eigenvalue weighted by Crippen LogP contribution is 2.40. The number of rotatable bonds is 7. The van der Waals surface area contributed by atoms with E-state index in [1.807, 2.05) is 6.07 Å². The van der Waals surface area contributed by atoms with E-state index in [2.05, 4.69) is 52.8 Å². The van der Waals surface area contributed by atoms with E-state index in [-0.39, 0.29) is 19.1 Å². The summed E-state index contributed by atoms with van der Waals surface area (Å²) in [5.41, 5.74) is 4.61. The summed E-state index contributed by atoms with van der Waals surface area (Å²) in [6, 6.07) is 15.0. The average Bonchev–Trinajstić information content (AvgIpc) is 3.66. The lowest BCUT2D eigenvalue weighted by molar-refractivity contribution is -0.0529. The highest BCUT2D eigenvalue weighted by molar-refractivity contribution is 6.30. The summed E-state index contributed by atoms with van der Waals surface area (Å²) in [6.45, 7) is 5.94. The van der Waals surface area contributed by atoms with Crippen LogP contribution in [0.25, 0.3) is 11.4 Å². The van der Waals surface area contributed by atoms with Gasteiger partial charge in [-0.25, -0.2) is 4.98 Å². The van der Waals surface area contributed by atoms with Gasteiger partial charge >= 0.3 is 0 Å². The summed E-state index contributed by atoms with van der Waals surface area (Å²) in [6.07, 6.45) is 4.07. The molecule has 0 amide bonds. The average molecular weight is 510 g/mol. The molecule has 1 unspecified atom stereocenters. The molecule has 3 aliphatic rings. The highest BCUT2D eigenvalue weighted by Gasteiger charge is 2.30. The van der Waals surface area contributed by atoms with Crippen molar-refractivity contribution in [1.29, 1.82) is 0 Å². The number of halogens is 1. The zero-order valence-electron chi connectivity index (χ0n) is 20.6. The first-order valence-electron chi connectivity index (χ1n) is 12.9. The molecule has 0 N–H and O–H groups in total. The molecule has 6 rings (SSSR count). The number of hydrogen-bond donors (Lipinski definition) is 0. The Morgan fingerprint density at radius 3 is 2.72 bits per heavy atom. The van der Waals surface area contributed by atoms with Gasteiger partial charge < -0.3 is 23.5 Å². The Balaban J connectivity index is 1.36. The largest absolute Gasteiger partial charge is 0.454 e. The first-order chi connectivity index (χ1) is 17.7. The number of hydrogen-bond acceptors (Lipinski definition) is 6. The fourth-order valence-electron chi connectivity index (χ4n) is 5.59. The van der Waals surface area contributed by atoms with Gasteiger partial charge in [0.15, 0.2) is 22.9 Å². The van der Waals surface area contributed by atoms with Gasteiger partial charge in [0.2, 0.25) is 6.79 Å². The Morgan fingerprint density at radius 2 is 1.86 bits per heavy atom. The van der Waals surface area contributed by atoms with Crippen LogP contribution in [0, 0.1) is 0 Å². The molecular weight excluding hydrogens is 478 g/mol. The third kappa shape index (κ3) is 4.61. The van der Waals surface area contributed by atoms with Crippen LogP contribution in [0.5, 0.6) is 11.5 Å². The quantitative estimate of drug-likeness (QED) is 0.413. The van der Waals surface area contributed by atoms with Gasteiger partial charge in [0.25, 0.3) is 0 Å². The monoisotopic (exact) mass is 509 g/mol. The Bertz CT molecular complexity index is 1220. The summed E-state index contributed by atoms with van der Waals surface area (Å²) in [7, 11) is 0. The zero-order chi connectivity index (χ0) is 24.5. The summed E-state index contributed by atoms with van der Waals surface area (Å²) < 4.78 is 25.1. The van der Waals surface area contributed by atoms with E-state index in [1.54, 1.807) is 0 Å². The third-order valence-corrected chi connectivity index (χ3v) is 7.74. The van der Waals surface area contributed by atoms with Crippen LogP contribution in [0.3, 0.4) is 0 Å². The second-order valence-corrected chi connectivity index (χ2v) is 9.92. The van der Waals surface area contributed by atoms with Gasteiger partial charge in [0.1, 0.15) is 5.82 Å². The molecule has 7 nitrogen and oxygen atoms in total. The third-order valence-electron chi connectivity index (χ3n) is 7.43. The fourth-order valence-corrected chi connectivity index (χ4v) is 5.83. The molecule has 2 aromatic carbocycles. The molecule has 2 saturated heterocycles. The predicted molar refractivity (Wildman–Crippen MR) is 137 cm³/mol. The van der Waals surface area contributed by atoms with Crippen LogP contribution in [-0.2, 0) is 29.0 Å². The molecule has 4 heterocycles. The fraction of sp³-hybridized carbons (Fsp3) is 0.464. The Labute approximate surface area is 216 Å². The molecule has 0 saturated carbocycles. The lowest BCUT2D eigenvalue weighted by atomic mass is 9.94. The predicted octanol–water partition coefficient (Wildman–Crippen LogP) is 5.59. The number of aryl methyl sites for hydroxylation is 1.